The van der Waals surface area contributed by atoms with Crippen molar-refractivity contribution in [2.45, 2.75) is 20.3 Å². The van der Waals surface area contributed by atoms with Gasteiger partial charge in [0.05, 0.1) is 0 Å². The Balaban J connectivity index is 2.65. The zero-order valence-electron chi connectivity index (χ0n) is 9.86. The van der Waals surface area contributed by atoms with E-state index in [9.17, 15) is 9.59 Å². The molecule has 0 N–H and O–H groups in total. The number of carbonyl (C=O) groups excluding carboxylic acids is 2. The highest BCUT2D eigenvalue weighted by Crippen LogP contribution is 2.18. The van der Waals surface area contributed by atoms with Crippen LogP contribution in [0.3, 0.4) is 0 Å². The van der Waals surface area contributed by atoms with Crippen LogP contribution in [-0.4, -0.2) is 11.9 Å². The molecule has 4 nitrogen and oxygen atoms in total. The molecule has 1 aromatic carbocycles. The van der Waals surface area contributed by atoms with Gasteiger partial charge in [0.2, 0.25) is 0 Å². The molecule has 1 rings (SSSR count). The van der Waals surface area contributed by atoms with Crippen molar-refractivity contribution >= 4 is 11.9 Å². The Labute approximate surface area is 99.8 Å². The topological polar surface area (TPSA) is 52.6 Å². The Morgan fingerprint density at radius 3 is 2.00 bits per heavy atom. The molecule has 17 heavy (non-hydrogen) atoms. The molecule has 0 fully saturated rings. The second kappa shape index (κ2) is 5.84. The van der Waals surface area contributed by atoms with Crippen LogP contribution in [0, 0.1) is 0 Å². The largest absolute Gasteiger partial charge is 0.427 e. The molecule has 0 aliphatic carbocycles. The summed E-state index contributed by atoms with van der Waals surface area (Å²) in [6, 6.07) is 6.24. The van der Waals surface area contributed by atoms with Gasteiger partial charge >= 0.3 is 11.9 Å². The van der Waals surface area contributed by atoms with E-state index < -0.39 is 5.97 Å². The van der Waals surface area contributed by atoms with E-state index in [0.29, 0.717) is 23.5 Å². The quantitative estimate of drug-likeness (QED) is 0.456. The zero-order valence-corrected chi connectivity index (χ0v) is 9.86. The molecule has 0 saturated heterocycles. The molecule has 1 aromatic rings. The first-order valence-electron chi connectivity index (χ1n) is 5.21. The molecular weight excluding hydrogens is 220 g/mol. The van der Waals surface area contributed by atoms with Crippen molar-refractivity contribution in [3.63, 3.8) is 0 Å². The zero-order chi connectivity index (χ0) is 12.8. The Morgan fingerprint density at radius 2 is 1.59 bits per heavy atom. The Kier molecular flexibility index (Phi) is 4.46. The van der Waals surface area contributed by atoms with E-state index in [1.165, 1.54) is 0 Å². The van der Waals surface area contributed by atoms with Gasteiger partial charge in [0.1, 0.15) is 11.5 Å². The monoisotopic (exact) mass is 234 g/mol. The third kappa shape index (κ3) is 4.10. The molecular formula is C13H14O4. The highest BCUT2D eigenvalue weighted by atomic mass is 16.5. The molecule has 0 aliphatic rings. The summed E-state index contributed by atoms with van der Waals surface area (Å²) in [7, 11) is 0. The number of ether oxygens (including phenoxy) is 2. The van der Waals surface area contributed by atoms with Gasteiger partial charge in [-0.25, -0.2) is 4.79 Å². The lowest BCUT2D eigenvalue weighted by Gasteiger charge is -2.05. The van der Waals surface area contributed by atoms with Crippen LogP contribution in [0.1, 0.15) is 20.3 Å². The number of carbonyl (C=O) groups is 2. The van der Waals surface area contributed by atoms with Crippen molar-refractivity contribution in [2.24, 2.45) is 0 Å². The lowest BCUT2D eigenvalue weighted by atomic mass is 10.3. The van der Waals surface area contributed by atoms with Crippen molar-refractivity contribution in [3.05, 3.63) is 36.4 Å². The summed E-state index contributed by atoms with van der Waals surface area (Å²) < 4.78 is 9.96. The minimum atomic E-state index is -0.483. The summed E-state index contributed by atoms with van der Waals surface area (Å²) in [5.41, 5.74) is 0.325. The second-order valence-electron chi connectivity index (χ2n) is 3.47. The maximum absolute atomic E-state index is 11.2. The average molecular weight is 234 g/mol. The molecule has 0 bridgehead atoms. The number of rotatable bonds is 4. The van der Waals surface area contributed by atoms with Crippen LogP contribution in [0.5, 0.6) is 11.5 Å². The molecule has 0 unspecified atom stereocenters. The maximum atomic E-state index is 11.2. The Bertz CT molecular complexity index is 431. The van der Waals surface area contributed by atoms with Gasteiger partial charge in [-0.05, 0) is 31.2 Å². The number of benzene rings is 1. The lowest BCUT2D eigenvalue weighted by molar-refractivity contribution is -0.134. The standard InChI is InChI=1S/C13H14O4/c1-4-12(14)16-10-5-7-11(8-6-10)17-13(15)9(2)3/h5-8H,2,4H2,1,3H3. The van der Waals surface area contributed by atoms with E-state index in [0.717, 1.165) is 0 Å². The smallest absolute Gasteiger partial charge is 0.338 e. The molecule has 0 aliphatic heterocycles. The predicted octanol–water partition coefficient (Wildman–Crippen LogP) is 2.48. The third-order valence-electron chi connectivity index (χ3n) is 1.90. The molecule has 0 radical (unpaired) electrons. The minimum absolute atomic E-state index is 0.309. The Hall–Kier alpha value is -2.10. The second-order valence-corrected chi connectivity index (χ2v) is 3.47. The van der Waals surface area contributed by atoms with E-state index >= 15 is 0 Å². The van der Waals surface area contributed by atoms with Crippen molar-refractivity contribution in [1.29, 1.82) is 0 Å². The number of esters is 2. The van der Waals surface area contributed by atoms with Gasteiger partial charge in [-0.15, -0.1) is 0 Å². The van der Waals surface area contributed by atoms with Gasteiger partial charge in [-0.2, -0.15) is 0 Å². The third-order valence-corrected chi connectivity index (χ3v) is 1.90. The van der Waals surface area contributed by atoms with Gasteiger partial charge < -0.3 is 9.47 Å². The molecule has 0 aromatic heterocycles. The van der Waals surface area contributed by atoms with E-state index in [2.05, 4.69) is 6.58 Å². The number of hydrogen-bond acceptors (Lipinski definition) is 4. The van der Waals surface area contributed by atoms with E-state index in [1.807, 2.05) is 0 Å². The van der Waals surface area contributed by atoms with Crippen LogP contribution in [0.15, 0.2) is 36.4 Å². The lowest BCUT2D eigenvalue weighted by Crippen LogP contribution is -2.08. The first kappa shape index (κ1) is 13.0. The first-order chi connectivity index (χ1) is 8.02. The average Bonchev–Trinajstić information content (AvgIpc) is 2.31. The van der Waals surface area contributed by atoms with Crippen LogP contribution in [0.4, 0.5) is 0 Å². The summed E-state index contributed by atoms with van der Waals surface area (Å²) in [5.74, 6) is 0.0151. The van der Waals surface area contributed by atoms with E-state index in [4.69, 9.17) is 9.47 Å². The van der Waals surface area contributed by atoms with Gasteiger partial charge in [0, 0.05) is 12.0 Å². The molecule has 0 spiro atoms. The van der Waals surface area contributed by atoms with Crippen molar-refractivity contribution in [1.82, 2.24) is 0 Å². The molecule has 90 valence electrons. The van der Waals surface area contributed by atoms with Gasteiger partial charge in [0.15, 0.2) is 0 Å². The number of hydrogen-bond donors (Lipinski definition) is 0. The molecule has 0 atom stereocenters. The fourth-order valence-corrected chi connectivity index (χ4v) is 0.973. The van der Waals surface area contributed by atoms with Crippen molar-refractivity contribution in [2.75, 3.05) is 0 Å². The highest BCUT2D eigenvalue weighted by Gasteiger charge is 2.06. The summed E-state index contributed by atoms with van der Waals surface area (Å²) in [5, 5.41) is 0. The first-order valence-corrected chi connectivity index (χ1v) is 5.21. The van der Waals surface area contributed by atoms with Crippen LogP contribution < -0.4 is 9.47 Å². The maximum Gasteiger partial charge on any atom is 0.338 e. The van der Waals surface area contributed by atoms with Crippen LogP contribution in [-0.2, 0) is 9.59 Å². The minimum Gasteiger partial charge on any atom is -0.427 e. The summed E-state index contributed by atoms with van der Waals surface area (Å²) >= 11 is 0. The van der Waals surface area contributed by atoms with Crippen LogP contribution in [0.2, 0.25) is 0 Å². The van der Waals surface area contributed by atoms with E-state index in [-0.39, 0.29) is 5.97 Å². The summed E-state index contributed by atoms with van der Waals surface area (Å²) in [4.78, 5) is 22.2. The van der Waals surface area contributed by atoms with E-state index in [1.54, 1.807) is 38.1 Å². The van der Waals surface area contributed by atoms with Gasteiger partial charge in [-0.1, -0.05) is 13.5 Å². The summed E-state index contributed by atoms with van der Waals surface area (Å²) in [6.45, 7) is 6.76. The Morgan fingerprint density at radius 1 is 1.12 bits per heavy atom. The van der Waals surface area contributed by atoms with Crippen molar-refractivity contribution < 1.29 is 19.1 Å². The molecule has 0 heterocycles. The van der Waals surface area contributed by atoms with Gasteiger partial charge in [0.25, 0.3) is 0 Å². The van der Waals surface area contributed by atoms with Crippen molar-refractivity contribution in [3.8, 4) is 11.5 Å². The van der Waals surface area contributed by atoms with Crippen LogP contribution in [0.25, 0.3) is 0 Å². The fraction of sp³-hybridized carbons (Fsp3) is 0.231. The van der Waals surface area contributed by atoms with Crippen LogP contribution >= 0.6 is 0 Å². The fourth-order valence-electron chi connectivity index (χ4n) is 0.973. The summed E-state index contributed by atoms with van der Waals surface area (Å²) in [6.07, 6.45) is 0.312. The SMILES string of the molecule is C=C(C)C(=O)Oc1ccc(OC(=O)CC)cc1. The molecule has 0 amide bonds. The molecule has 4 heteroatoms. The van der Waals surface area contributed by atoms with Gasteiger partial charge in [-0.3, -0.25) is 4.79 Å². The molecule has 0 saturated carbocycles. The normalized spacial score (nSPS) is 9.53. The highest BCUT2D eigenvalue weighted by molar-refractivity contribution is 5.88. The predicted molar refractivity (Wildman–Crippen MR) is 62.8 cm³/mol.